The number of carbonyl (C=O) groups is 1. The monoisotopic (exact) mass is 471 g/mol. The van der Waals surface area contributed by atoms with E-state index < -0.39 is 10.0 Å². The molecule has 168 valence electrons. The molecule has 1 aliphatic rings. The number of hydrogen-bond donors (Lipinski definition) is 1. The van der Waals surface area contributed by atoms with Crippen LogP contribution in [0.15, 0.2) is 64.5 Å². The van der Waals surface area contributed by atoms with Crippen LogP contribution in [0.2, 0.25) is 0 Å². The van der Waals surface area contributed by atoms with E-state index in [1.54, 1.807) is 12.1 Å². The maximum Gasteiger partial charge on any atom is 0.246 e. The van der Waals surface area contributed by atoms with Crippen molar-refractivity contribution < 1.29 is 17.9 Å². The second-order valence-corrected chi connectivity index (χ2v) is 10.4. The Balaban J connectivity index is 1.46. The molecule has 3 aromatic rings. The lowest BCUT2D eigenvalue weighted by atomic mass is 10.2. The number of hydrogen-bond acceptors (Lipinski definition) is 6. The van der Waals surface area contributed by atoms with Crippen molar-refractivity contribution in [2.45, 2.75) is 29.2 Å². The van der Waals surface area contributed by atoms with Gasteiger partial charge in [0.25, 0.3) is 0 Å². The maximum atomic E-state index is 13.1. The number of thioether (sulfide) groups is 1. The quantitative estimate of drug-likeness (QED) is 0.521. The van der Waals surface area contributed by atoms with Crippen molar-refractivity contribution in [3.63, 3.8) is 0 Å². The zero-order valence-electron chi connectivity index (χ0n) is 17.8. The molecule has 1 saturated heterocycles. The number of para-hydroxylation sites is 1. The number of aromatic nitrogens is 1. The molecule has 2 aromatic carbocycles. The zero-order chi connectivity index (χ0) is 22.6. The number of methoxy groups -OCH3 is 1. The minimum absolute atomic E-state index is 0.0727. The fourth-order valence-corrected chi connectivity index (χ4v) is 6.04. The first-order valence-electron chi connectivity index (χ1n) is 10.4. The Kier molecular flexibility index (Phi) is 6.98. The lowest BCUT2D eigenvalue weighted by molar-refractivity contribution is -0.113. The van der Waals surface area contributed by atoms with Gasteiger partial charge in [-0.3, -0.25) is 4.79 Å². The summed E-state index contributed by atoms with van der Waals surface area (Å²) in [6.45, 7) is 0.995. The van der Waals surface area contributed by atoms with Crippen LogP contribution in [0.1, 0.15) is 19.3 Å². The summed E-state index contributed by atoms with van der Waals surface area (Å²) in [5.41, 5.74) is 1.29. The van der Waals surface area contributed by atoms with Gasteiger partial charge in [0, 0.05) is 24.2 Å². The number of amides is 1. The number of anilines is 1. The van der Waals surface area contributed by atoms with Crippen molar-refractivity contribution in [3.05, 3.63) is 54.6 Å². The molecule has 1 aromatic heterocycles. The molecule has 9 heteroatoms. The molecule has 1 fully saturated rings. The summed E-state index contributed by atoms with van der Waals surface area (Å²) in [7, 11) is -2.26. The van der Waals surface area contributed by atoms with Crippen LogP contribution in [0.5, 0.6) is 5.75 Å². The van der Waals surface area contributed by atoms with E-state index in [1.807, 2.05) is 36.4 Å². The van der Waals surface area contributed by atoms with Gasteiger partial charge in [0.1, 0.15) is 10.6 Å². The largest absolute Gasteiger partial charge is 0.495 e. The number of fused-ring (bicyclic) bond motifs is 1. The molecule has 0 spiro atoms. The summed E-state index contributed by atoms with van der Waals surface area (Å²) in [5, 5.41) is 4.59. The number of piperidine rings is 1. The molecule has 7 nitrogen and oxygen atoms in total. The molecule has 4 rings (SSSR count). The van der Waals surface area contributed by atoms with E-state index in [4.69, 9.17) is 4.74 Å². The first kappa shape index (κ1) is 22.6. The molecule has 0 aliphatic carbocycles. The molecule has 2 heterocycles. The van der Waals surface area contributed by atoms with Crippen LogP contribution in [0.4, 0.5) is 5.69 Å². The van der Waals surface area contributed by atoms with E-state index in [-0.39, 0.29) is 22.3 Å². The summed E-state index contributed by atoms with van der Waals surface area (Å²) >= 11 is 1.33. The number of benzene rings is 2. The van der Waals surface area contributed by atoms with E-state index in [0.717, 1.165) is 35.2 Å². The number of nitrogens with one attached hydrogen (secondary N) is 1. The third-order valence-electron chi connectivity index (χ3n) is 5.30. The second-order valence-electron chi connectivity index (χ2n) is 7.51. The number of nitrogens with zero attached hydrogens (tertiary/aromatic N) is 2. The first-order chi connectivity index (χ1) is 15.5. The van der Waals surface area contributed by atoms with Gasteiger partial charge in [0.2, 0.25) is 15.9 Å². The van der Waals surface area contributed by atoms with Crippen molar-refractivity contribution in [2.75, 3.05) is 31.3 Å². The molecular formula is C23H25N3O4S2. The van der Waals surface area contributed by atoms with Crippen LogP contribution >= 0.6 is 11.8 Å². The summed E-state index contributed by atoms with van der Waals surface area (Å²) in [6, 6.07) is 16.4. The van der Waals surface area contributed by atoms with Crippen molar-refractivity contribution in [1.82, 2.24) is 9.29 Å². The van der Waals surface area contributed by atoms with Crippen molar-refractivity contribution >= 4 is 44.3 Å². The van der Waals surface area contributed by atoms with Gasteiger partial charge in [0.15, 0.2) is 0 Å². The van der Waals surface area contributed by atoms with Crippen LogP contribution in [0, 0.1) is 0 Å². The highest BCUT2D eigenvalue weighted by molar-refractivity contribution is 7.99. The lowest BCUT2D eigenvalue weighted by Crippen LogP contribution is -2.35. The molecule has 32 heavy (non-hydrogen) atoms. The molecule has 0 saturated carbocycles. The van der Waals surface area contributed by atoms with E-state index in [9.17, 15) is 13.2 Å². The molecule has 0 unspecified atom stereocenters. The number of rotatable bonds is 7. The van der Waals surface area contributed by atoms with Crippen molar-refractivity contribution in [1.29, 1.82) is 0 Å². The van der Waals surface area contributed by atoms with Crippen LogP contribution in [0.3, 0.4) is 0 Å². The maximum absolute atomic E-state index is 13.1. The summed E-state index contributed by atoms with van der Waals surface area (Å²) in [4.78, 5) is 17.1. The van der Waals surface area contributed by atoms with Crippen molar-refractivity contribution in [2.24, 2.45) is 0 Å². The van der Waals surface area contributed by atoms with Gasteiger partial charge in [-0.05, 0) is 43.2 Å². The van der Waals surface area contributed by atoms with Gasteiger partial charge in [-0.2, -0.15) is 4.31 Å². The number of pyridine rings is 1. The fraction of sp³-hybridized carbons (Fsp3) is 0.304. The predicted molar refractivity (Wildman–Crippen MR) is 127 cm³/mol. The topological polar surface area (TPSA) is 88.6 Å². The van der Waals surface area contributed by atoms with Gasteiger partial charge in [-0.1, -0.05) is 42.4 Å². The summed E-state index contributed by atoms with van der Waals surface area (Å²) < 4.78 is 33.1. The normalized spacial score (nSPS) is 14.9. The third kappa shape index (κ3) is 5.06. The molecule has 0 radical (unpaired) electrons. The predicted octanol–water partition coefficient (Wildman–Crippen LogP) is 4.15. The Morgan fingerprint density at radius 3 is 2.66 bits per heavy atom. The average Bonchev–Trinajstić information content (AvgIpc) is 2.83. The van der Waals surface area contributed by atoms with Crippen LogP contribution < -0.4 is 10.1 Å². The Morgan fingerprint density at radius 2 is 1.88 bits per heavy atom. The average molecular weight is 472 g/mol. The Bertz CT molecular complexity index is 1220. The highest BCUT2D eigenvalue weighted by atomic mass is 32.2. The van der Waals surface area contributed by atoms with Gasteiger partial charge in [-0.15, -0.1) is 0 Å². The number of sulfonamides is 1. The standard InChI is InChI=1S/C23H25N3O4S2/c1-30-20-11-10-18(15-21(20)32(28,29)26-13-5-2-6-14-26)24-22(27)16-31-23-12-9-17-7-3-4-8-19(17)25-23/h3-4,7-12,15H,2,5-6,13-14,16H2,1H3,(H,24,27). The fourth-order valence-electron chi connectivity index (χ4n) is 3.66. The molecule has 0 atom stereocenters. The smallest absolute Gasteiger partial charge is 0.246 e. The molecule has 1 N–H and O–H groups in total. The van der Waals surface area contributed by atoms with E-state index in [1.165, 1.54) is 29.2 Å². The lowest BCUT2D eigenvalue weighted by Gasteiger charge is -2.26. The van der Waals surface area contributed by atoms with Gasteiger partial charge >= 0.3 is 0 Å². The van der Waals surface area contributed by atoms with Gasteiger partial charge in [-0.25, -0.2) is 13.4 Å². The summed E-state index contributed by atoms with van der Waals surface area (Å²) in [5.74, 6) is 0.186. The second kappa shape index (κ2) is 9.89. The van der Waals surface area contributed by atoms with E-state index in [0.29, 0.717) is 18.8 Å². The van der Waals surface area contributed by atoms with Crippen LogP contribution in [-0.4, -0.2) is 49.6 Å². The van der Waals surface area contributed by atoms with Crippen LogP contribution in [-0.2, 0) is 14.8 Å². The van der Waals surface area contributed by atoms with Gasteiger partial charge < -0.3 is 10.1 Å². The third-order valence-corrected chi connectivity index (χ3v) is 8.15. The minimum Gasteiger partial charge on any atom is -0.495 e. The molecule has 1 aliphatic heterocycles. The van der Waals surface area contributed by atoms with Gasteiger partial charge in [0.05, 0.1) is 23.4 Å². The highest BCUT2D eigenvalue weighted by Crippen LogP contribution is 2.31. The van der Waals surface area contributed by atoms with E-state index >= 15 is 0 Å². The Morgan fingerprint density at radius 1 is 1.09 bits per heavy atom. The molecular weight excluding hydrogens is 446 g/mol. The molecule has 1 amide bonds. The molecule has 0 bridgehead atoms. The highest BCUT2D eigenvalue weighted by Gasteiger charge is 2.29. The number of carbonyl (C=O) groups excluding carboxylic acids is 1. The Labute approximate surface area is 192 Å². The summed E-state index contributed by atoms with van der Waals surface area (Å²) in [6.07, 6.45) is 2.72. The minimum atomic E-state index is -3.70. The SMILES string of the molecule is COc1ccc(NC(=O)CSc2ccc3ccccc3n2)cc1S(=O)(=O)N1CCCCC1. The number of ether oxygens (including phenoxy) is 1. The van der Waals surface area contributed by atoms with Crippen molar-refractivity contribution in [3.8, 4) is 5.75 Å². The van der Waals surface area contributed by atoms with E-state index in [2.05, 4.69) is 10.3 Å². The Hall–Kier alpha value is -2.62. The van der Waals surface area contributed by atoms with Crippen LogP contribution in [0.25, 0.3) is 10.9 Å². The first-order valence-corrected chi connectivity index (χ1v) is 12.9. The zero-order valence-corrected chi connectivity index (χ0v) is 19.4.